The number of piperidine rings is 1. The molecule has 2 aromatic rings. The summed E-state index contributed by atoms with van der Waals surface area (Å²) in [7, 11) is 1.51. The van der Waals surface area contributed by atoms with Gasteiger partial charge in [-0.2, -0.15) is 0 Å². The van der Waals surface area contributed by atoms with Crippen LogP contribution in [-0.2, 0) is 25.7 Å². The zero-order valence-corrected chi connectivity index (χ0v) is 17.7. The van der Waals surface area contributed by atoms with Gasteiger partial charge in [-0.05, 0) is 24.1 Å². The van der Waals surface area contributed by atoms with Crippen LogP contribution in [0.3, 0.4) is 0 Å². The fourth-order valence-electron chi connectivity index (χ4n) is 4.33. The first kappa shape index (κ1) is 20.8. The molecule has 4 heterocycles. The van der Waals surface area contributed by atoms with Gasteiger partial charge < -0.3 is 14.5 Å². The Morgan fingerprint density at radius 1 is 1.21 bits per heavy atom. The van der Waals surface area contributed by atoms with Gasteiger partial charge in [-0.3, -0.25) is 24.5 Å². The third kappa shape index (κ3) is 3.52. The van der Waals surface area contributed by atoms with Gasteiger partial charge in [-0.25, -0.2) is 9.48 Å². The highest BCUT2D eigenvalue weighted by Gasteiger charge is 2.39. The highest BCUT2D eigenvalue weighted by Crippen LogP contribution is 2.29. The van der Waals surface area contributed by atoms with E-state index in [0.29, 0.717) is 17.7 Å². The van der Waals surface area contributed by atoms with Crippen molar-refractivity contribution in [3.63, 3.8) is 0 Å². The number of cyclic esters (lactones) is 1. The van der Waals surface area contributed by atoms with Crippen LogP contribution < -0.4 is 5.32 Å². The van der Waals surface area contributed by atoms with Crippen LogP contribution in [0.25, 0.3) is 5.69 Å². The van der Waals surface area contributed by atoms with E-state index in [1.165, 1.54) is 27.7 Å². The van der Waals surface area contributed by atoms with Crippen LogP contribution >= 0.6 is 0 Å². The van der Waals surface area contributed by atoms with Crippen molar-refractivity contribution in [3.8, 4) is 5.69 Å². The number of imide groups is 1. The first-order chi connectivity index (χ1) is 15.8. The topological polar surface area (TPSA) is 144 Å². The molecule has 1 N–H and O–H groups in total. The predicted octanol–water partition coefficient (Wildman–Crippen LogP) is -0.584. The summed E-state index contributed by atoms with van der Waals surface area (Å²) in [5, 5.41) is 10.2. The monoisotopic (exact) mass is 452 g/mol. The second-order valence-corrected chi connectivity index (χ2v) is 8.18. The predicted molar refractivity (Wildman–Crippen MR) is 109 cm³/mol. The third-order valence-corrected chi connectivity index (χ3v) is 6.18. The van der Waals surface area contributed by atoms with Gasteiger partial charge in [0.15, 0.2) is 5.69 Å². The fourth-order valence-corrected chi connectivity index (χ4v) is 4.33. The molecule has 33 heavy (non-hydrogen) atoms. The average molecular weight is 452 g/mol. The second kappa shape index (κ2) is 7.80. The molecule has 5 rings (SSSR count). The zero-order valence-electron chi connectivity index (χ0n) is 17.7. The van der Waals surface area contributed by atoms with E-state index in [1.807, 2.05) is 0 Å². The van der Waals surface area contributed by atoms with Gasteiger partial charge in [0.05, 0.1) is 18.5 Å². The van der Waals surface area contributed by atoms with E-state index in [9.17, 15) is 24.0 Å². The van der Waals surface area contributed by atoms with Crippen LogP contribution in [0.4, 0.5) is 0 Å². The molecule has 0 spiro atoms. The number of hydrogen-bond acceptors (Lipinski definition) is 8. The van der Waals surface area contributed by atoms with E-state index in [-0.39, 0.29) is 43.5 Å². The molecular weight excluding hydrogens is 432 g/mol. The molecule has 0 saturated carbocycles. The minimum atomic E-state index is -0.695. The lowest BCUT2D eigenvalue weighted by Gasteiger charge is -2.29. The van der Waals surface area contributed by atoms with Crippen LogP contribution in [0.5, 0.6) is 0 Å². The normalized spacial score (nSPS) is 22.3. The Morgan fingerprint density at radius 3 is 2.76 bits per heavy atom. The molecule has 0 aliphatic carbocycles. The van der Waals surface area contributed by atoms with Crippen molar-refractivity contribution < 1.29 is 28.7 Å². The third-order valence-electron chi connectivity index (χ3n) is 6.18. The van der Waals surface area contributed by atoms with Gasteiger partial charge in [-0.15, -0.1) is 5.10 Å². The van der Waals surface area contributed by atoms with Crippen molar-refractivity contribution in [1.82, 2.24) is 30.1 Å². The fraction of sp³-hybridized carbons (Fsp3) is 0.381. The lowest BCUT2D eigenvalue weighted by atomic mass is 10.0. The smallest absolute Gasteiger partial charge is 0.328 e. The van der Waals surface area contributed by atoms with Gasteiger partial charge >= 0.3 is 5.97 Å². The Kier molecular flexibility index (Phi) is 4.91. The van der Waals surface area contributed by atoms with Crippen molar-refractivity contribution in [2.24, 2.45) is 0 Å². The van der Waals surface area contributed by atoms with E-state index in [4.69, 9.17) is 4.74 Å². The maximum Gasteiger partial charge on any atom is 0.328 e. The number of amides is 4. The van der Waals surface area contributed by atoms with Gasteiger partial charge in [0.25, 0.3) is 11.8 Å². The quantitative estimate of drug-likeness (QED) is 0.479. The number of benzene rings is 1. The van der Waals surface area contributed by atoms with E-state index in [0.717, 1.165) is 5.56 Å². The Labute approximate surface area is 187 Å². The number of esters is 1. The lowest BCUT2D eigenvalue weighted by Crippen LogP contribution is -2.52. The number of aromatic nitrogens is 3. The number of carbonyl (C=O) groups is 5. The molecular formula is C21H20N6O6. The minimum absolute atomic E-state index is 0.0502. The van der Waals surface area contributed by atoms with Crippen LogP contribution in [0.1, 0.15) is 45.7 Å². The van der Waals surface area contributed by atoms with Gasteiger partial charge in [0, 0.05) is 32.0 Å². The van der Waals surface area contributed by atoms with Gasteiger partial charge in [0.1, 0.15) is 12.1 Å². The molecule has 12 nitrogen and oxygen atoms in total. The summed E-state index contributed by atoms with van der Waals surface area (Å²) in [6, 6.07) is 3.78. The van der Waals surface area contributed by atoms with Crippen LogP contribution in [0.2, 0.25) is 0 Å². The van der Waals surface area contributed by atoms with E-state index >= 15 is 0 Å². The first-order valence-electron chi connectivity index (χ1n) is 10.5. The van der Waals surface area contributed by atoms with Crippen LogP contribution in [-0.4, -0.2) is 80.1 Å². The van der Waals surface area contributed by atoms with Crippen molar-refractivity contribution in [1.29, 1.82) is 0 Å². The average Bonchev–Trinajstić information content (AvgIpc) is 3.52. The Hall–Kier alpha value is -4.09. The number of carbonyl (C=O) groups excluding carboxylic acids is 5. The van der Waals surface area contributed by atoms with Crippen molar-refractivity contribution in [2.45, 2.75) is 37.9 Å². The van der Waals surface area contributed by atoms with Gasteiger partial charge in [0.2, 0.25) is 11.8 Å². The Balaban J connectivity index is 1.35. The molecule has 2 saturated heterocycles. The highest BCUT2D eigenvalue weighted by molar-refractivity contribution is 6.05. The summed E-state index contributed by atoms with van der Waals surface area (Å²) in [5.74, 6) is -2.03. The van der Waals surface area contributed by atoms with Gasteiger partial charge in [-0.1, -0.05) is 11.3 Å². The molecule has 2 fully saturated rings. The number of fused-ring (bicyclic) bond motifs is 1. The summed E-state index contributed by atoms with van der Waals surface area (Å²) in [6.45, 7) is 0.539. The summed E-state index contributed by atoms with van der Waals surface area (Å²) < 4.78 is 6.28. The molecule has 3 aliphatic rings. The van der Waals surface area contributed by atoms with E-state index in [2.05, 4.69) is 15.6 Å². The highest BCUT2D eigenvalue weighted by atomic mass is 16.5. The molecule has 1 aromatic heterocycles. The van der Waals surface area contributed by atoms with E-state index in [1.54, 1.807) is 18.2 Å². The van der Waals surface area contributed by atoms with Crippen LogP contribution in [0.15, 0.2) is 24.4 Å². The van der Waals surface area contributed by atoms with Crippen molar-refractivity contribution in [3.05, 3.63) is 41.2 Å². The van der Waals surface area contributed by atoms with Crippen molar-refractivity contribution in [2.75, 3.05) is 13.7 Å². The van der Waals surface area contributed by atoms with Crippen LogP contribution in [0, 0.1) is 0 Å². The lowest BCUT2D eigenvalue weighted by molar-refractivity contribution is -0.141. The second-order valence-electron chi connectivity index (χ2n) is 8.18. The number of ether oxygens (including phenoxy) is 1. The number of hydrogen-bond donors (Lipinski definition) is 1. The minimum Gasteiger partial charge on any atom is -0.464 e. The number of rotatable bonds is 4. The summed E-state index contributed by atoms with van der Waals surface area (Å²) in [5.41, 5.74) is 1.74. The maximum absolute atomic E-state index is 13.0. The molecule has 170 valence electrons. The molecule has 12 heteroatoms. The SMILES string of the molecule is CN(C(=O)c1cn(-c2ccc3c(c2)C(=O)N(C2CCC(=O)NC2=O)C3)nn1)[C@H]1CCOC1=O. The number of likely N-dealkylation sites (N-methyl/N-ethyl adjacent to an activating group) is 1. The standard InChI is InChI=1S/C21H20N6O6/c1-25(16-6-7-33-21(16)32)20(31)14-10-27(24-23-14)12-3-2-11-9-26(19(30)13(11)8-12)15-4-5-17(28)22-18(15)29/h2-3,8,10,15-16H,4-7,9H2,1H3,(H,22,28,29)/t15?,16-/m0/s1. The number of nitrogens with one attached hydrogen (secondary N) is 1. The first-order valence-corrected chi connectivity index (χ1v) is 10.5. The molecule has 0 radical (unpaired) electrons. The largest absolute Gasteiger partial charge is 0.464 e. The molecule has 0 bridgehead atoms. The molecule has 1 aromatic carbocycles. The molecule has 2 atom stereocenters. The summed E-state index contributed by atoms with van der Waals surface area (Å²) in [4.78, 5) is 63.8. The van der Waals surface area contributed by atoms with Crippen molar-refractivity contribution >= 4 is 29.6 Å². The molecule has 3 aliphatic heterocycles. The summed E-state index contributed by atoms with van der Waals surface area (Å²) >= 11 is 0. The zero-order chi connectivity index (χ0) is 23.3. The molecule has 4 amide bonds. The molecule has 1 unspecified atom stereocenters. The Bertz CT molecular complexity index is 1210. The van der Waals surface area contributed by atoms with E-state index < -0.39 is 29.9 Å². The summed E-state index contributed by atoms with van der Waals surface area (Å²) in [6.07, 6.45) is 2.32. The Morgan fingerprint density at radius 2 is 2.03 bits per heavy atom. The maximum atomic E-state index is 13.0. The number of nitrogens with zero attached hydrogens (tertiary/aromatic N) is 5.